The fourth-order valence-corrected chi connectivity index (χ4v) is 1.05. The van der Waals surface area contributed by atoms with Crippen LogP contribution in [0.15, 0.2) is 11.5 Å². The molecule has 0 rings (SSSR count). The lowest BCUT2D eigenvalue weighted by Gasteiger charge is -2.15. The van der Waals surface area contributed by atoms with Crippen LogP contribution in [0.4, 0.5) is 0 Å². The molecule has 0 spiro atoms. The molecular weight excluding hydrogens is 184 g/mol. The Morgan fingerprint density at radius 1 is 1.14 bits per heavy atom. The molecule has 4 heteroatoms. The van der Waals surface area contributed by atoms with Crippen LogP contribution in [0.3, 0.4) is 0 Å². The molecule has 0 aromatic carbocycles. The number of allylic oxidation sites excluding steroid dienone is 1. The van der Waals surface area contributed by atoms with Crippen molar-refractivity contribution in [2.75, 3.05) is 13.2 Å². The van der Waals surface area contributed by atoms with Crippen LogP contribution in [-0.2, 0) is 14.3 Å². The highest BCUT2D eigenvalue weighted by atomic mass is 16.5. The summed E-state index contributed by atoms with van der Waals surface area (Å²) in [6.07, 6.45) is 1.36. The first-order valence-electron chi connectivity index (χ1n) is 4.87. The molecule has 0 radical (unpaired) electrons. The van der Waals surface area contributed by atoms with E-state index in [1.165, 1.54) is 0 Å². The van der Waals surface area contributed by atoms with Crippen molar-refractivity contribution < 1.29 is 19.4 Å². The summed E-state index contributed by atoms with van der Waals surface area (Å²) in [5, 5.41) is 10.7. The first-order valence-corrected chi connectivity index (χ1v) is 4.87. The zero-order valence-corrected chi connectivity index (χ0v) is 8.96. The van der Waals surface area contributed by atoms with Gasteiger partial charge >= 0.3 is 0 Å². The summed E-state index contributed by atoms with van der Waals surface area (Å²) in [5.41, 5.74) is 0. The van der Waals surface area contributed by atoms with E-state index in [0.717, 1.165) is 6.42 Å². The number of carbonyl (C=O) groups is 1. The van der Waals surface area contributed by atoms with E-state index in [9.17, 15) is 9.90 Å². The van der Waals surface area contributed by atoms with Crippen LogP contribution >= 0.6 is 0 Å². The number of ether oxygens (including phenoxy) is 2. The minimum absolute atomic E-state index is 0.170. The number of hydrogen-bond donors (Lipinski definition) is 0. The Kier molecular flexibility index (Phi) is 6.62. The molecule has 0 aromatic heterocycles. The number of aliphatic carboxylic acids is 1. The van der Waals surface area contributed by atoms with Crippen LogP contribution in [0.1, 0.15) is 33.6 Å². The molecule has 0 saturated carbocycles. The van der Waals surface area contributed by atoms with Gasteiger partial charge in [0.25, 0.3) is 0 Å². The second-order valence-electron chi connectivity index (χ2n) is 2.66. The maximum Gasteiger partial charge on any atom is 0.179 e. The Morgan fingerprint density at radius 2 is 1.71 bits per heavy atom. The first-order chi connectivity index (χ1) is 6.67. The monoisotopic (exact) mass is 201 g/mol. The molecule has 0 aliphatic rings. The Hall–Kier alpha value is -1.19. The van der Waals surface area contributed by atoms with Crippen LogP contribution in [-0.4, -0.2) is 19.2 Å². The van der Waals surface area contributed by atoms with Gasteiger partial charge in [0.1, 0.15) is 11.7 Å². The normalized spacial score (nSPS) is 11.9. The van der Waals surface area contributed by atoms with Gasteiger partial charge in [0, 0.05) is 6.42 Å². The molecule has 0 atom stereocenters. The summed E-state index contributed by atoms with van der Waals surface area (Å²) in [4.78, 5) is 10.7. The van der Waals surface area contributed by atoms with Crippen LogP contribution in [0.2, 0.25) is 0 Å². The van der Waals surface area contributed by atoms with Gasteiger partial charge in [-0.25, -0.2) is 0 Å². The van der Waals surface area contributed by atoms with E-state index >= 15 is 0 Å². The minimum atomic E-state index is -1.32. The Balaban J connectivity index is 4.72. The number of carboxylic acid groups (broad SMARTS) is 1. The van der Waals surface area contributed by atoms with Gasteiger partial charge < -0.3 is 19.4 Å². The molecule has 4 nitrogen and oxygen atoms in total. The summed E-state index contributed by atoms with van der Waals surface area (Å²) in [5.74, 6) is -1.11. The standard InChI is InChI=1S/C10H18O4/c1-4-7-8(13-5-2)9(10(11)12)14-6-3/h4-7H2,1-3H3,(H,11,12)/p-1/b9-8-. The van der Waals surface area contributed by atoms with E-state index in [-0.39, 0.29) is 5.76 Å². The summed E-state index contributed by atoms with van der Waals surface area (Å²) < 4.78 is 10.2. The predicted molar refractivity (Wildman–Crippen MR) is 50.2 cm³/mol. The summed E-state index contributed by atoms with van der Waals surface area (Å²) in [6.45, 7) is 6.19. The molecule has 0 aromatic rings. The summed E-state index contributed by atoms with van der Waals surface area (Å²) in [6, 6.07) is 0. The maximum absolute atomic E-state index is 10.7. The SMILES string of the molecule is CCC/C(OCC)=C(/OCC)C(=O)[O-]. The highest BCUT2D eigenvalue weighted by molar-refractivity contribution is 5.82. The van der Waals surface area contributed by atoms with Crippen molar-refractivity contribution in [3.63, 3.8) is 0 Å². The Labute approximate surface area is 84.5 Å². The third-order valence-corrected chi connectivity index (χ3v) is 1.52. The van der Waals surface area contributed by atoms with Crippen LogP contribution in [0.5, 0.6) is 0 Å². The van der Waals surface area contributed by atoms with Crippen LogP contribution in [0, 0.1) is 0 Å². The highest BCUT2D eigenvalue weighted by Crippen LogP contribution is 2.13. The van der Waals surface area contributed by atoms with Gasteiger partial charge in [0.15, 0.2) is 5.76 Å². The van der Waals surface area contributed by atoms with Crippen molar-refractivity contribution in [2.24, 2.45) is 0 Å². The third kappa shape index (κ3) is 4.16. The van der Waals surface area contributed by atoms with Gasteiger partial charge in [0.05, 0.1) is 13.2 Å². The zero-order chi connectivity index (χ0) is 11.0. The molecule has 0 N–H and O–H groups in total. The molecule has 0 amide bonds. The van der Waals surface area contributed by atoms with Gasteiger partial charge in [-0.2, -0.15) is 0 Å². The molecule has 0 fully saturated rings. The van der Waals surface area contributed by atoms with E-state index in [1.54, 1.807) is 13.8 Å². The van der Waals surface area contributed by atoms with Crippen LogP contribution < -0.4 is 5.11 Å². The third-order valence-electron chi connectivity index (χ3n) is 1.52. The molecule has 0 heterocycles. The van der Waals surface area contributed by atoms with Crippen molar-refractivity contribution in [1.82, 2.24) is 0 Å². The number of carbonyl (C=O) groups excluding carboxylic acids is 1. The Bertz CT molecular complexity index is 200. The van der Waals surface area contributed by atoms with Gasteiger partial charge in [-0.15, -0.1) is 0 Å². The van der Waals surface area contributed by atoms with Gasteiger partial charge in [0.2, 0.25) is 0 Å². The number of rotatable bonds is 7. The van der Waals surface area contributed by atoms with E-state index in [2.05, 4.69) is 0 Å². The lowest BCUT2D eigenvalue weighted by atomic mass is 10.2. The van der Waals surface area contributed by atoms with E-state index < -0.39 is 5.97 Å². The maximum atomic E-state index is 10.7. The van der Waals surface area contributed by atoms with Crippen molar-refractivity contribution in [2.45, 2.75) is 33.6 Å². The first kappa shape index (κ1) is 12.8. The van der Waals surface area contributed by atoms with Gasteiger partial charge in [-0.05, 0) is 20.3 Å². The summed E-state index contributed by atoms with van der Waals surface area (Å²) in [7, 11) is 0. The minimum Gasteiger partial charge on any atom is -0.541 e. The number of hydrogen-bond acceptors (Lipinski definition) is 4. The van der Waals surface area contributed by atoms with E-state index in [1.807, 2.05) is 6.92 Å². The van der Waals surface area contributed by atoms with E-state index in [0.29, 0.717) is 25.4 Å². The van der Waals surface area contributed by atoms with Crippen LogP contribution in [0.25, 0.3) is 0 Å². The van der Waals surface area contributed by atoms with Crippen molar-refractivity contribution >= 4 is 5.97 Å². The average Bonchev–Trinajstić information content (AvgIpc) is 2.13. The van der Waals surface area contributed by atoms with Crippen molar-refractivity contribution in [3.8, 4) is 0 Å². The Morgan fingerprint density at radius 3 is 2.07 bits per heavy atom. The smallest absolute Gasteiger partial charge is 0.179 e. The molecule has 0 aliphatic carbocycles. The molecule has 0 aliphatic heterocycles. The molecule has 0 unspecified atom stereocenters. The predicted octanol–water partition coefficient (Wildman–Crippen LogP) is 0.821. The molecule has 82 valence electrons. The van der Waals surface area contributed by atoms with Crippen molar-refractivity contribution in [1.29, 1.82) is 0 Å². The van der Waals surface area contributed by atoms with Gasteiger partial charge in [-0.3, -0.25) is 0 Å². The van der Waals surface area contributed by atoms with E-state index in [4.69, 9.17) is 9.47 Å². The molecule has 14 heavy (non-hydrogen) atoms. The second kappa shape index (κ2) is 7.24. The largest absolute Gasteiger partial charge is 0.541 e. The lowest BCUT2D eigenvalue weighted by molar-refractivity contribution is -0.303. The molecule has 0 saturated heterocycles. The average molecular weight is 201 g/mol. The van der Waals surface area contributed by atoms with Gasteiger partial charge in [-0.1, -0.05) is 6.92 Å². The second-order valence-corrected chi connectivity index (χ2v) is 2.66. The lowest BCUT2D eigenvalue weighted by Crippen LogP contribution is -2.27. The fraction of sp³-hybridized carbons (Fsp3) is 0.700. The highest BCUT2D eigenvalue weighted by Gasteiger charge is 2.09. The zero-order valence-electron chi connectivity index (χ0n) is 8.96. The fourth-order valence-electron chi connectivity index (χ4n) is 1.05. The summed E-state index contributed by atoms with van der Waals surface area (Å²) >= 11 is 0. The number of carboxylic acids is 1. The molecule has 0 bridgehead atoms. The topological polar surface area (TPSA) is 58.6 Å². The molecular formula is C10H17O4-. The quantitative estimate of drug-likeness (QED) is 0.452. The van der Waals surface area contributed by atoms with Crippen molar-refractivity contribution in [3.05, 3.63) is 11.5 Å².